The number of carbonyl (C=O) groups is 1. The standard InChI is InChI=1S/C14H20N6O/c1-19(2)8-11-3-5-12(6-4-11)16-14(21)10-20-9-13(7-15)17-18-20/h3-6,9H,7-8,10,15H2,1-2H3,(H,16,21). The van der Waals surface area contributed by atoms with Crippen molar-refractivity contribution in [1.82, 2.24) is 19.9 Å². The molecule has 0 bridgehead atoms. The quantitative estimate of drug-likeness (QED) is 0.805. The van der Waals surface area contributed by atoms with E-state index < -0.39 is 0 Å². The number of hydrogen-bond acceptors (Lipinski definition) is 5. The maximum absolute atomic E-state index is 11.9. The summed E-state index contributed by atoms with van der Waals surface area (Å²) in [4.78, 5) is 14.0. The van der Waals surface area contributed by atoms with Crippen molar-refractivity contribution >= 4 is 11.6 Å². The second-order valence-corrected chi connectivity index (χ2v) is 5.09. The summed E-state index contributed by atoms with van der Waals surface area (Å²) >= 11 is 0. The molecule has 0 spiro atoms. The molecule has 1 aromatic heterocycles. The predicted octanol–water partition coefficient (Wildman–Crippen LogP) is 0.437. The minimum absolute atomic E-state index is 0.118. The number of anilines is 1. The third-order valence-corrected chi connectivity index (χ3v) is 2.84. The Morgan fingerprint density at radius 2 is 2.05 bits per heavy atom. The van der Waals surface area contributed by atoms with Crippen LogP contribution in [0.1, 0.15) is 11.3 Å². The van der Waals surface area contributed by atoms with Crippen LogP contribution in [0, 0.1) is 0 Å². The fourth-order valence-electron chi connectivity index (χ4n) is 1.92. The third-order valence-electron chi connectivity index (χ3n) is 2.84. The lowest BCUT2D eigenvalue weighted by atomic mass is 10.2. The molecule has 1 aromatic carbocycles. The molecular weight excluding hydrogens is 268 g/mol. The van der Waals surface area contributed by atoms with Crippen LogP contribution in [0.5, 0.6) is 0 Å². The number of nitrogens with zero attached hydrogens (tertiary/aromatic N) is 4. The van der Waals surface area contributed by atoms with E-state index in [1.54, 1.807) is 6.20 Å². The topological polar surface area (TPSA) is 89.1 Å². The second-order valence-electron chi connectivity index (χ2n) is 5.09. The highest BCUT2D eigenvalue weighted by atomic mass is 16.2. The van der Waals surface area contributed by atoms with Crippen LogP contribution in [-0.2, 0) is 24.4 Å². The lowest BCUT2D eigenvalue weighted by Crippen LogP contribution is -2.19. The molecule has 1 amide bonds. The van der Waals surface area contributed by atoms with E-state index in [4.69, 9.17) is 5.73 Å². The Bertz CT molecular complexity index is 590. The highest BCUT2D eigenvalue weighted by molar-refractivity contribution is 5.90. The first-order valence-corrected chi connectivity index (χ1v) is 6.69. The molecule has 21 heavy (non-hydrogen) atoms. The fourth-order valence-corrected chi connectivity index (χ4v) is 1.92. The van der Waals surface area contributed by atoms with E-state index in [0.29, 0.717) is 12.2 Å². The van der Waals surface area contributed by atoms with E-state index in [-0.39, 0.29) is 12.5 Å². The summed E-state index contributed by atoms with van der Waals surface area (Å²) in [5.41, 5.74) is 8.07. The molecule has 1 heterocycles. The molecule has 0 fully saturated rings. The molecular formula is C14H20N6O. The van der Waals surface area contributed by atoms with Gasteiger partial charge in [0.25, 0.3) is 0 Å². The monoisotopic (exact) mass is 288 g/mol. The highest BCUT2D eigenvalue weighted by Gasteiger charge is 2.06. The van der Waals surface area contributed by atoms with Gasteiger partial charge in [-0.1, -0.05) is 17.3 Å². The number of benzene rings is 1. The molecule has 0 saturated heterocycles. The molecule has 0 aliphatic rings. The minimum atomic E-state index is -0.149. The SMILES string of the molecule is CN(C)Cc1ccc(NC(=O)Cn2cc(CN)nn2)cc1. The first-order valence-electron chi connectivity index (χ1n) is 6.69. The summed E-state index contributed by atoms with van der Waals surface area (Å²) < 4.78 is 1.47. The van der Waals surface area contributed by atoms with Crippen LogP contribution < -0.4 is 11.1 Å². The Morgan fingerprint density at radius 1 is 1.33 bits per heavy atom. The lowest BCUT2D eigenvalue weighted by Gasteiger charge is -2.10. The number of carbonyl (C=O) groups excluding carboxylic acids is 1. The largest absolute Gasteiger partial charge is 0.325 e. The van der Waals surface area contributed by atoms with Crippen LogP contribution in [0.4, 0.5) is 5.69 Å². The van der Waals surface area contributed by atoms with Gasteiger partial charge in [0.15, 0.2) is 0 Å². The maximum Gasteiger partial charge on any atom is 0.246 e. The first-order chi connectivity index (χ1) is 10.1. The third kappa shape index (κ3) is 4.66. The van der Waals surface area contributed by atoms with Crippen LogP contribution in [0.2, 0.25) is 0 Å². The predicted molar refractivity (Wildman–Crippen MR) is 80.4 cm³/mol. The Balaban J connectivity index is 1.90. The van der Waals surface area contributed by atoms with Crippen molar-refractivity contribution in [3.05, 3.63) is 41.7 Å². The zero-order valence-electron chi connectivity index (χ0n) is 12.3. The van der Waals surface area contributed by atoms with Gasteiger partial charge in [-0.3, -0.25) is 4.79 Å². The molecule has 7 heteroatoms. The summed E-state index contributed by atoms with van der Waals surface area (Å²) in [6.07, 6.45) is 1.67. The van der Waals surface area contributed by atoms with Crippen molar-refractivity contribution in [1.29, 1.82) is 0 Å². The van der Waals surface area contributed by atoms with E-state index in [2.05, 4.69) is 20.5 Å². The van der Waals surface area contributed by atoms with Crippen LogP contribution in [0.25, 0.3) is 0 Å². The van der Waals surface area contributed by atoms with E-state index in [0.717, 1.165) is 12.2 Å². The van der Waals surface area contributed by atoms with Gasteiger partial charge in [-0.15, -0.1) is 5.10 Å². The summed E-state index contributed by atoms with van der Waals surface area (Å²) in [7, 11) is 4.03. The molecule has 7 nitrogen and oxygen atoms in total. The normalized spacial score (nSPS) is 10.9. The number of nitrogens with two attached hydrogens (primary N) is 1. The molecule has 0 saturated carbocycles. The van der Waals surface area contributed by atoms with Gasteiger partial charge in [-0.05, 0) is 31.8 Å². The van der Waals surface area contributed by atoms with Crippen molar-refractivity contribution in [2.45, 2.75) is 19.6 Å². The Labute approximate surface area is 123 Å². The van der Waals surface area contributed by atoms with Gasteiger partial charge in [0.2, 0.25) is 5.91 Å². The van der Waals surface area contributed by atoms with Crippen LogP contribution in [0.3, 0.4) is 0 Å². The zero-order valence-corrected chi connectivity index (χ0v) is 12.3. The van der Waals surface area contributed by atoms with E-state index in [1.807, 2.05) is 38.4 Å². The van der Waals surface area contributed by atoms with E-state index in [1.165, 1.54) is 10.2 Å². The van der Waals surface area contributed by atoms with E-state index >= 15 is 0 Å². The fraction of sp³-hybridized carbons (Fsp3) is 0.357. The number of aromatic nitrogens is 3. The molecule has 112 valence electrons. The molecule has 2 rings (SSSR count). The van der Waals surface area contributed by atoms with Crippen LogP contribution in [-0.4, -0.2) is 39.9 Å². The number of rotatable bonds is 6. The van der Waals surface area contributed by atoms with Gasteiger partial charge >= 0.3 is 0 Å². The van der Waals surface area contributed by atoms with Crippen molar-refractivity contribution in [3.63, 3.8) is 0 Å². The molecule has 0 aliphatic heterocycles. The van der Waals surface area contributed by atoms with E-state index in [9.17, 15) is 4.79 Å². The molecule has 0 aliphatic carbocycles. The van der Waals surface area contributed by atoms with Crippen molar-refractivity contribution in [3.8, 4) is 0 Å². The molecule has 0 unspecified atom stereocenters. The number of nitrogens with one attached hydrogen (secondary N) is 1. The summed E-state index contributed by atoms with van der Waals surface area (Å²) in [6.45, 7) is 1.30. The highest BCUT2D eigenvalue weighted by Crippen LogP contribution is 2.10. The zero-order chi connectivity index (χ0) is 15.2. The number of amides is 1. The molecule has 2 aromatic rings. The summed E-state index contributed by atoms with van der Waals surface area (Å²) in [6, 6.07) is 7.78. The van der Waals surface area contributed by atoms with Gasteiger partial charge in [-0.25, -0.2) is 4.68 Å². The van der Waals surface area contributed by atoms with Gasteiger partial charge in [0, 0.05) is 18.8 Å². The Morgan fingerprint density at radius 3 is 2.62 bits per heavy atom. The summed E-state index contributed by atoms with van der Waals surface area (Å²) in [5, 5.41) is 10.5. The summed E-state index contributed by atoms with van der Waals surface area (Å²) in [5.74, 6) is -0.149. The molecule has 0 atom stereocenters. The smallest absolute Gasteiger partial charge is 0.246 e. The minimum Gasteiger partial charge on any atom is -0.325 e. The van der Waals surface area contributed by atoms with Gasteiger partial charge < -0.3 is 16.0 Å². The van der Waals surface area contributed by atoms with Crippen molar-refractivity contribution in [2.75, 3.05) is 19.4 Å². The van der Waals surface area contributed by atoms with Gasteiger partial charge in [-0.2, -0.15) is 0 Å². The average Bonchev–Trinajstić information content (AvgIpc) is 2.88. The Kier molecular flexibility index (Phi) is 5.02. The van der Waals surface area contributed by atoms with Gasteiger partial charge in [0.05, 0.1) is 11.9 Å². The van der Waals surface area contributed by atoms with Crippen molar-refractivity contribution in [2.24, 2.45) is 5.73 Å². The molecule has 3 N–H and O–H groups in total. The average molecular weight is 288 g/mol. The van der Waals surface area contributed by atoms with Gasteiger partial charge in [0.1, 0.15) is 6.54 Å². The lowest BCUT2D eigenvalue weighted by molar-refractivity contribution is -0.116. The number of hydrogen-bond donors (Lipinski definition) is 2. The first kappa shape index (κ1) is 15.1. The molecule has 0 radical (unpaired) electrons. The maximum atomic E-state index is 11.9. The Hall–Kier alpha value is -2.25. The van der Waals surface area contributed by atoms with Crippen molar-refractivity contribution < 1.29 is 4.79 Å². The van der Waals surface area contributed by atoms with Crippen LogP contribution in [0.15, 0.2) is 30.5 Å². The second kappa shape index (κ2) is 6.96. The van der Waals surface area contributed by atoms with Crippen LogP contribution >= 0.6 is 0 Å².